The van der Waals surface area contributed by atoms with Gasteiger partial charge in [0.05, 0.1) is 11.2 Å². The second-order valence-electron chi connectivity index (χ2n) is 8.48. The molecule has 0 aliphatic carbocycles. The van der Waals surface area contributed by atoms with E-state index in [4.69, 9.17) is 0 Å². The highest BCUT2D eigenvalue weighted by Crippen LogP contribution is 2.43. The van der Waals surface area contributed by atoms with Gasteiger partial charge in [-0.05, 0) is 65.2 Å². The molecule has 0 aliphatic heterocycles. The summed E-state index contributed by atoms with van der Waals surface area (Å²) in [7, 11) is 0. The molecule has 1 heterocycles. The fourth-order valence-electron chi connectivity index (χ4n) is 4.67. The fourth-order valence-corrected chi connectivity index (χ4v) is 4.67. The van der Waals surface area contributed by atoms with Gasteiger partial charge in [0.15, 0.2) is 0 Å². The van der Waals surface area contributed by atoms with Crippen LogP contribution >= 0.6 is 0 Å². The Balaban J connectivity index is 1.65. The first-order valence-electron chi connectivity index (χ1n) is 11.8. The molecule has 0 amide bonds. The zero-order chi connectivity index (χ0) is 23.5. The molecule has 0 saturated carbocycles. The quantitative estimate of drug-likeness (QED) is 0.261. The number of para-hydroxylation sites is 3. The zero-order valence-electron chi connectivity index (χ0n) is 19.3. The summed E-state index contributed by atoms with van der Waals surface area (Å²) in [5.41, 5.74) is 9.07. The van der Waals surface area contributed by atoms with Crippen molar-refractivity contribution in [3.8, 4) is 22.3 Å². The average Bonchev–Trinajstić information content (AvgIpc) is 2.95. The molecule has 5 aromatic carbocycles. The van der Waals surface area contributed by atoms with E-state index in [0.717, 1.165) is 33.5 Å². The molecule has 6 rings (SSSR count). The van der Waals surface area contributed by atoms with Gasteiger partial charge in [0, 0.05) is 28.5 Å². The number of aromatic nitrogens is 1. The molecule has 35 heavy (non-hydrogen) atoms. The Bertz CT molecular complexity index is 1530. The summed E-state index contributed by atoms with van der Waals surface area (Å²) >= 11 is 0. The van der Waals surface area contributed by atoms with Crippen molar-refractivity contribution in [2.75, 3.05) is 4.90 Å². The van der Waals surface area contributed by atoms with E-state index in [0.29, 0.717) is 0 Å². The van der Waals surface area contributed by atoms with Crippen molar-refractivity contribution in [1.29, 1.82) is 0 Å². The van der Waals surface area contributed by atoms with E-state index in [9.17, 15) is 0 Å². The average molecular weight is 449 g/mol. The Morgan fingerprint density at radius 2 is 1.06 bits per heavy atom. The lowest BCUT2D eigenvalue weighted by atomic mass is 9.94. The second-order valence-corrected chi connectivity index (χ2v) is 8.48. The standard InChI is InChI=1S/C33H24N2/c1-4-12-25(13-5-1)26-20-21-33(31(24-26)29-22-23-34-32-19-11-10-18-30(29)32)35(27-14-6-2-7-15-27)28-16-8-3-9-17-28/h1-24H. The SMILES string of the molecule is c1ccc(-c2ccc(N(c3ccccc3)c3ccccc3)c(-c3ccnc4ccccc34)c2)cc1. The monoisotopic (exact) mass is 448 g/mol. The van der Waals surface area contributed by atoms with Gasteiger partial charge in [0.25, 0.3) is 0 Å². The van der Waals surface area contributed by atoms with Crippen LogP contribution in [0.3, 0.4) is 0 Å². The molecular weight excluding hydrogens is 424 g/mol. The minimum atomic E-state index is 0.993. The molecule has 0 saturated heterocycles. The van der Waals surface area contributed by atoms with Crippen LogP contribution in [0.25, 0.3) is 33.2 Å². The highest BCUT2D eigenvalue weighted by Gasteiger charge is 2.19. The number of hydrogen-bond donors (Lipinski definition) is 0. The van der Waals surface area contributed by atoms with Crippen molar-refractivity contribution < 1.29 is 0 Å². The van der Waals surface area contributed by atoms with E-state index < -0.39 is 0 Å². The molecule has 0 unspecified atom stereocenters. The lowest BCUT2D eigenvalue weighted by molar-refractivity contribution is 1.28. The van der Waals surface area contributed by atoms with E-state index in [1.54, 1.807) is 0 Å². The molecule has 2 nitrogen and oxygen atoms in total. The molecule has 2 heteroatoms. The van der Waals surface area contributed by atoms with Crippen molar-refractivity contribution in [3.05, 3.63) is 146 Å². The number of rotatable bonds is 5. The van der Waals surface area contributed by atoms with Crippen LogP contribution in [0.1, 0.15) is 0 Å². The zero-order valence-corrected chi connectivity index (χ0v) is 19.3. The third-order valence-electron chi connectivity index (χ3n) is 6.31. The third kappa shape index (κ3) is 4.07. The van der Waals surface area contributed by atoms with Crippen molar-refractivity contribution in [3.63, 3.8) is 0 Å². The molecule has 166 valence electrons. The van der Waals surface area contributed by atoms with Crippen molar-refractivity contribution in [1.82, 2.24) is 4.98 Å². The summed E-state index contributed by atoms with van der Waals surface area (Å²) in [5.74, 6) is 0. The fraction of sp³-hybridized carbons (Fsp3) is 0. The Hall–Kier alpha value is -4.69. The van der Waals surface area contributed by atoms with Gasteiger partial charge in [-0.2, -0.15) is 0 Å². The lowest BCUT2D eigenvalue weighted by Crippen LogP contribution is -2.11. The lowest BCUT2D eigenvalue weighted by Gasteiger charge is -2.28. The predicted molar refractivity (Wildman–Crippen MR) is 147 cm³/mol. The Morgan fingerprint density at radius 1 is 0.457 bits per heavy atom. The van der Waals surface area contributed by atoms with Gasteiger partial charge in [-0.3, -0.25) is 4.98 Å². The smallest absolute Gasteiger partial charge is 0.0708 e. The number of benzene rings is 5. The molecule has 0 fully saturated rings. The molecule has 0 bridgehead atoms. The van der Waals surface area contributed by atoms with Crippen LogP contribution in [0.4, 0.5) is 17.1 Å². The second kappa shape index (κ2) is 9.28. The summed E-state index contributed by atoms with van der Waals surface area (Å²) in [6, 6.07) is 48.9. The Labute approximate surface area is 205 Å². The van der Waals surface area contributed by atoms with Gasteiger partial charge in [-0.15, -0.1) is 0 Å². The van der Waals surface area contributed by atoms with Gasteiger partial charge in [-0.25, -0.2) is 0 Å². The van der Waals surface area contributed by atoms with Gasteiger partial charge < -0.3 is 4.90 Å². The van der Waals surface area contributed by atoms with Crippen LogP contribution in [0.5, 0.6) is 0 Å². The first-order valence-corrected chi connectivity index (χ1v) is 11.8. The van der Waals surface area contributed by atoms with E-state index in [1.807, 2.05) is 12.3 Å². The van der Waals surface area contributed by atoms with Gasteiger partial charge in [0.2, 0.25) is 0 Å². The largest absolute Gasteiger partial charge is 0.310 e. The highest BCUT2D eigenvalue weighted by atomic mass is 15.1. The molecule has 6 aromatic rings. The van der Waals surface area contributed by atoms with Crippen LogP contribution in [0, 0.1) is 0 Å². The summed E-state index contributed by atoms with van der Waals surface area (Å²) in [4.78, 5) is 6.96. The van der Waals surface area contributed by atoms with Crippen LogP contribution in [0.15, 0.2) is 146 Å². The van der Waals surface area contributed by atoms with Gasteiger partial charge >= 0.3 is 0 Å². The Morgan fingerprint density at radius 3 is 1.74 bits per heavy atom. The molecular formula is C33H24N2. The van der Waals surface area contributed by atoms with Crippen molar-refractivity contribution in [2.45, 2.75) is 0 Å². The molecule has 0 aliphatic rings. The molecule has 0 N–H and O–H groups in total. The maximum atomic E-state index is 4.63. The van der Waals surface area contributed by atoms with Gasteiger partial charge in [0.1, 0.15) is 0 Å². The maximum Gasteiger partial charge on any atom is 0.0708 e. The minimum absolute atomic E-state index is 0.993. The molecule has 0 radical (unpaired) electrons. The predicted octanol–water partition coefficient (Wildman–Crippen LogP) is 9.04. The third-order valence-corrected chi connectivity index (χ3v) is 6.31. The number of nitrogens with zero attached hydrogens (tertiary/aromatic N) is 2. The number of anilines is 3. The summed E-state index contributed by atoms with van der Waals surface area (Å²) < 4.78 is 0. The van der Waals surface area contributed by atoms with Crippen LogP contribution < -0.4 is 4.90 Å². The minimum Gasteiger partial charge on any atom is -0.310 e. The Kier molecular flexibility index (Phi) is 5.54. The number of fused-ring (bicyclic) bond motifs is 1. The molecule has 0 spiro atoms. The number of hydrogen-bond acceptors (Lipinski definition) is 2. The van der Waals surface area contributed by atoms with E-state index >= 15 is 0 Å². The summed E-state index contributed by atoms with van der Waals surface area (Å²) in [6.07, 6.45) is 1.91. The van der Waals surface area contributed by atoms with Crippen LogP contribution in [-0.4, -0.2) is 4.98 Å². The summed E-state index contributed by atoms with van der Waals surface area (Å²) in [6.45, 7) is 0. The normalized spacial score (nSPS) is 10.9. The van der Waals surface area contributed by atoms with Gasteiger partial charge in [-0.1, -0.05) is 91.0 Å². The maximum absolute atomic E-state index is 4.63. The molecule has 0 atom stereocenters. The van der Waals surface area contributed by atoms with Crippen LogP contribution in [-0.2, 0) is 0 Å². The van der Waals surface area contributed by atoms with Crippen molar-refractivity contribution >= 4 is 28.0 Å². The topological polar surface area (TPSA) is 16.1 Å². The van der Waals surface area contributed by atoms with E-state index in [2.05, 4.69) is 143 Å². The number of pyridine rings is 1. The first-order chi connectivity index (χ1) is 17.4. The van der Waals surface area contributed by atoms with E-state index in [-0.39, 0.29) is 0 Å². The van der Waals surface area contributed by atoms with E-state index in [1.165, 1.54) is 16.7 Å². The van der Waals surface area contributed by atoms with Crippen LogP contribution in [0.2, 0.25) is 0 Å². The molecule has 1 aromatic heterocycles. The van der Waals surface area contributed by atoms with Crippen molar-refractivity contribution in [2.24, 2.45) is 0 Å². The first kappa shape index (κ1) is 20.9. The highest BCUT2D eigenvalue weighted by molar-refractivity contribution is 6.00. The summed E-state index contributed by atoms with van der Waals surface area (Å²) in [5, 5.41) is 1.14.